The van der Waals surface area contributed by atoms with Crippen LogP contribution in [0.2, 0.25) is 0 Å². The molecule has 1 fully saturated rings. The summed E-state index contributed by atoms with van der Waals surface area (Å²) in [4.78, 5) is 11.5. The maximum absolute atomic E-state index is 11.5. The molecule has 0 aliphatic carbocycles. The van der Waals surface area contributed by atoms with Gasteiger partial charge in [0.05, 0.1) is 7.11 Å². The highest BCUT2D eigenvalue weighted by Crippen LogP contribution is 2.17. The van der Waals surface area contributed by atoms with Crippen molar-refractivity contribution in [2.45, 2.75) is 25.8 Å². The SMILES string of the molecule is COC(=O)c1cccn1CCC1CCNCC1. The van der Waals surface area contributed by atoms with Crippen LogP contribution in [0.5, 0.6) is 0 Å². The quantitative estimate of drug-likeness (QED) is 0.809. The van der Waals surface area contributed by atoms with E-state index in [4.69, 9.17) is 4.74 Å². The Labute approximate surface area is 102 Å². The lowest BCUT2D eigenvalue weighted by Crippen LogP contribution is -2.28. The number of carbonyl (C=O) groups is 1. The molecule has 4 heteroatoms. The van der Waals surface area contributed by atoms with Crippen LogP contribution in [0, 0.1) is 5.92 Å². The molecule has 1 aromatic heterocycles. The van der Waals surface area contributed by atoms with Gasteiger partial charge >= 0.3 is 5.97 Å². The largest absolute Gasteiger partial charge is 0.464 e. The van der Waals surface area contributed by atoms with Crippen molar-refractivity contribution in [3.05, 3.63) is 24.0 Å². The normalized spacial score (nSPS) is 17.0. The summed E-state index contributed by atoms with van der Waals surface area (Å²) in [5.74, 6) is 0.532. The molecular formula is C13H20N2O2. The van der Waals surface area contributed by atoms with Gasteiger partial charge in [0.25, 0.3) is 0 Å². The first-order valence-corrected chi connectivity index (χ1v) is 6.25. The Kier molecular flexibility index (Phi) is 4.20. The Bertz CT molecular complexity index is 367. The first-order chi connectivity index (χ1) is 8.31. The van der Waals surface area contributed by atoms with Gasteiger partial charge in [0.2, 0.25) is 0 Å². The van der Waals surface area contributed by atoms with E-state index >= 15 is 0 Å². The summed E-state index contributed by atoms with van der Waals surface area (Å²) >= 11 is 0. The molecule has 2 rings (SSSR count). The van der Waals surface area contributed by atoms with Crippen LogP contribution in [0.3, 0.4) is 0 Å². The molecule has 0 amide bonds. The molecule has 17 heavy (non-hydrogen) atoms. The minimum absolute atomic E-state index is 0.250. The summed E-state index contributed by atoms with van der Waals surface area (Å²) < 4.78 is 6.75. The summed E-state index contributed by atoms with van der Waals surface area (Å²) in [5, 5.41) is 3.37. The van der Waals surface area contributed by atoms with Crippen molar-refractivity contribution in [3.63, 3.8) is 0 Å². The number of ether oxygens (including phenoxy) is 1. The van der Waals surface area contributed by atoms with Crippen molar-refractivity contribution in [2.75, 3.05) is 20.2 Å². The van der Waals surface area contributed by atoms with Crippen LogP contribution in [0.25, 0.3) is 0 Å². The molecule has 94 valence electrons. The number of nitrogens with one attached hydrogen (secondary N) is 1. The second-order valence-electron chi connectivity index (χ2n) is 4.56. The smallest absolute Gasteiger partial charge is 0.354 e. The van der Waals surface area contributed by atoms with Gasteiger partial charge in [-0.3, -0.25) is 0 Å². The molecule has 0 spiro atoms. The fourth-order valence-corrected chi connectivity index (χ4v) is 2.39. The van der Waals surface area contributed by atoms with E-state index in [9.17, 15) is 4.79 Å². The number of hydrogen-bond acceptors (Lipinski definition) is 3. The van der Waals surface area contributed by atoms with Crippen LogP contribution in [-0.2, 0) is 11.3 Å². The number of nitrogens with zero attached hydrogens (tertiary/aromatic N) is 1. The number of hydrogen-bond donors (Lipinski definition) is 1. The molecule has 0 bridgehead atoms. The average molecular weight is 236 g/mol. The van der Waals surface area contributed by atoms with Crippen molar-refractivity contribution in [2.24, 2.45) is 5.92 Å². The van der Waals surface area contributed by atoms with E-state index in [0.29, 0.717) is 5.69 Å². The number of esters is 1. The van der Waals surface area contributed by atoms with Crippen molar-refractivity contribution in [3.8, 4) is 0 Å². The molecule has 0 unspecified atom stereocenters. The lowest BCUT2D eigenvalue weighted by molar-refractivity contribution is 0.0587. The van der Waals surface area contributed by atoms with Gasteiger partial charge in [-0.05, 0) is 50.4 Å². The van der Waals surface area contributed by atoms with Crippen molar-refractivity contribution in [1.82, 2.24) is 9.88 Å². The van der Waals surface area contributed by atoms with E-state index in [1.165, 1.54) is 20.0 Å². The molecule has 2 heterocycles. The molecule has 0 atom stereocenters. The third-order valence-electron chi connectivity index (χ3n) is 3.46. The van der Waals surface area contributed by atoms with Gasteiger partial charge in [-0.25, -0.2) is 4.79 Å². The second kappa shape index (κ2) is 5.87. The highest BCUT2D eigenvalue weighted by atomic mass is 16.5. The number of methoxy groups -OCH3 is 1. The van der Waals surface area contributed by atoms with Crippen LogP contribution >= 0.6 is 0 Å². The minimum atomic E-state index is -0.250. The maximum Gasteiger partial charge on any atom is 0.354 e. The van der Waals surface area contributed by atoms with E-state index in [2.05, 4.69) is 5.32 Å². The van der Waals surface area contributed by atoms with Gasteiger partial charge in [0.15, 0.2) is 0 Å². The monoisotopic (exact) mass is 236 g/mol. The fraction of sp³-hybridized carbons (Fsp3) is 0.615. The Morgan fingerprint density at radius 1 is 1.53 bits per heavy atom. The Morgan fingerprint density at radius 2 is 2.29 bits per heavy atom. The molecule has 0 aromatic carbocycles. The lowest BCUT2D eigenvalue weighted by Gasteiger charge is -2.22. The number of rotatable bonds is 4. The van der Waals surface area contributed by atoms with Gasteiger partial charge in [-0.2, -0.15) is 0 Å². The van der Waals surface area contributed by atoms with Gasteiger partial charge in [0.1, 0.15) is 5.69 Å². The zero-order valence-corrected chi connectivity index (χ0v) is 10.3. The number of carbonyl (C=O) groups excluding carboxylic acids is 1. The predicted octanol–water partition coefficient (Wildman–Crippen LogP) is 1.66. The zero-order chi connectivity index (χ0) is 12.1. The van der Waals surface area contributed by atoms with E-state index in [1.54, 1.807) is 0 Å². The van der Waals surface area contributed by atoms with Gasteiger partial charge in [-0.15, -0.1) is 0 Å². The number of piperidine rings is 1. The third kappa shape index (κ3) is 3.09. The maximum atomic E-state index is 11.5. The summed E-state index contributed by atoms with van der Waals surface area (Å²) in [6, 6.07) is 3.71. The van der Waals surface area contributed by atoms with E-state index < -0.39 is 0 Å². The van der Waals surface area contributed by atoms with E-state index in [1.807, 2.05) is 22.9 Å². The Hall–Kier alpha value is -1.29. The molecule has 1 saturated heterocycles. The highest BCUT2D eigenvalue weighted by Gasteiger charge is 2.15. The van der Waals surface area contributed by atoms with Gasteiger partial charge < -0.3 is 14.6 Å². The minimum Gasteiger partial charge on any atom is -0.464 e. The summed E-state index contributed by atoms with van der Waals surface area (Å²) in [7, 11) is 1.42. The molecule has 0 saturated carbocycles. The van der Waals surface area contributed by atoms with Crippen molar-refractivity contribution in [1.29, 1.82) is 0 Å². The van der Waals surface area contributed by atoms with Crippen molar-refractivity contribution < 1.29 is 9.53 Å². The summed E-state index contributed by atoms with van der Waals surface area (Å²) in [6.07, 6.45) is 5.58. The fourth-order valence-electron chi connectivity index (χ4n) is 2.39. The second-order valence-corrected chi connectivity index (χ2v) is 4.56. The lowest BCUT2D eigenvalue weighted by atomic mass is 9.95. The Morgan fingerprint density at radius 3 is 3.00 bits per heavy atom. The summed E-state index contributed by atoms with van der Waals surface area (Å²) in [5.41, 5.74) is 0.654. The Balaban J connectivity index is 1.89. The van der Waals surface area contributed by atoms with E-state index in [-0.39, 0.29) is 5.97 Å². The van der Waals surface area contributed by atoms with Gasteiger partial charge in [-0.1, -0.05) is 0 Å². The van der Waals surface area contributed by atoms with Crippen LogP contribution in [0.1, 0.15) is 29.8 Å². The molecule has 1 aromatic rings. The molecule has 1 aliphatic rings. The van der Waals surface area contributed by atoms with Gasteiger partial charge in [0, 0.05) is 12.7 Å². The molecule has 4 nitrogen and oxygen atoms in total. The predicted molar refractivity (Wildman–Crippen MR) is 66.0 cm³/mol. The standard InChI is InChI=1S/C13H20N2O2/c1-17-13(16)12-3-2-9-15(12)10-6-11-4-7-14-8-5-11/h2-3,9,11,14H,4-8,10H2,1H3. The van der Waals surface area contributed by atoms with Crippen LogP contribution in [0.15, 0.2) is 18.3 Å². The first kappa shape index (κ1) is 12.2. The highest BCUT2D eigenvalue weighted by molar-refractivity contribution is 5.87. The van der Waals surface area contributed by atoms with Crippen molar-refractivity contribution >= 4 is 5.97 Å². The van der Waals surface area contributed by atoms with Crippen LogP contribution in [0.4, 0.5) is 0 Å². The number of aryl methyl sites for hydroxylation is 1. The first-order valence-electron chi connectivity index (χ1n) is 6.25. The average Bonchev–Trinajstić information content (AvgIpc) is 2.85. The van der Waals surface area contributed by atoms with Crippen LogP contribution in [-0.4, -0.2) is 30.7 Å². The molecule has 1 aliphatic heterocycles. The van der Waals surface area contributed by atoms with Crippen LogP contribution < -0.4 is 5.32 Å². The van der Waals surface area contributed by atoms with E-state index in [0.717, 1.165) is 32.0 Å². The molecular weight excluding hydrogens is 216 g/mol. The molecule has 0 radical (unpaired) electrons. The molecule has 1 N–H and O–H groups in total. The zero-order valence-electron chi connectivity index (χ0n) is 10.3. The number of aromatic nitrogens is 1. The third-order valence-corrected chi connectivity index (χ3v) is 3.46. The summed E-state index contributed by atoms with van der Waals surface area (Å²) in [6.45, 7) is 3.16. The topological polar surface area (TPSA) is 43.3 Å².